The van der Waals surface area contributed by atoms with Crippen LogP contribution >= 0.6 is 0 Å². The quantitative estimate of drug-likeness (QED) is 0.767. The van der Waals surface area contributed by atoms with Crippen molar-refractivity contribution in [3.8, 4) is 0 Å². The van der Waals surface area contributed by atoms with Crippen LogP contribution in [0.15, 0.2) is 6.20 Å². The van der Waals surface area contributed by atoms with Crippen molar-refractivity contribution in [2.24, 2.45) is 7.05 Å². The summed E-state index contributed by atoms with van der Waals surface area (Å²) < 4.78 is 2.15. The molecule has 5 heteroatoms. The van der Waals surface area contributed by atoms with Crippen LogP contribution in [0.4, 0.5) is 5.95 Å². The standard InChI is InChI=1S/C15H29N5/c1-18(2)15-17-13-14(19(15)3)12-16-8-7-11-20-9-5-4-6-10-20/h13,16H,4-12H2,1-3H3. The normalized spacial score (nSPS) is 16.6. The molecule has 1 aliphatic heterocycles. The van der Waals surface area contributed by atoms with Crippen LogP contribution in [0.1, 0.15) is 31.4 Å². The number of rotatable bonds is 7. The molecule has 1 aliphatic rings. The Kier molecular flexibility index (Phi) is 5.86. The smallest absolute Gasteiger partial charge is 0.204 e. The minimum absolute atomic E-state index is 0.900. The van der Waals surface area contributed by atoms with Gasteiger partial charge in [-0.05, 0) is 45.4 Å². The van der Waals surface area contributed by atoms with Gasteiger partial charge in [0, 0.05) is 27.7 Å². The maximum absolute atomic E-state index is 4.43. The van der Waals surface area contributed by atoms with Crippen LogP contribution in [0.3, 0.4) is 0 Å². The van der Waals surface area contributed by atoms with Crippen molar-refractivity contribution in [3.63, 3.8) is 0 Å². The lowest BCUT2D eigenvalue weighted by Gasteiger charge is -2.26. The van der Waals surface area contributed by atoms with E-state index < -0.39 is 0 Å². The van der Waals surface area contributed by atoms with E-state index in [1.807, 2.05) is 25.2 Å². The van der Waals surface area contributed by atoms with E-state index >= 15 is 0 Å². The Hall–Kier alpha value is -1.07. The van der Waals surface area contributed by atoms with Crippen molar-refractivity contribution in [1.82, 2.24) is 19.8 Å². The van der Waals surface area contributed by atoms with Crippen LogP contribution in [0, 0.1) is 0 Å². The summed E-state index contributed by atoms with van der Waals surface area (Å²) in [5.41, 5.74) is 1.24. The minimum atomic E-state index is 0.900. The Morgan fingerprint density at radius 2 is 2.00 bits per heavy atom. The molecule has 1 aromatic rings. The van der Waals surface area contributed by atoms with Crippen molar-refractivity contribution in [3.05, 3.63) is 11.9 Å². The number of hydrogen-bond acceptors (Lipinski definition) is 4. The average molecular weight is 279 g/mol. The van der Waals surface area contributed by atoms with Gasteiger partial charge in [0.15, 0.2) is 0 Å². The van der Waals surface area contributed by atoms with Gasteiger partial charge < -0.3 is 19.7 Å². The van der Waals surface area contributed by atoms with Crippen molar-refractivity contribution < 1.29 is 0 Å². The van der Waals surface area contributed by atoms with Crippen LogP contribution < -0.4 is 10.2 Å². The molecule has 20 heavy (non-hydrogen) atoms. The predicted molar refractivity (Wildman–Crippen MR) is 84.1 cm³/mol. The molecule has 0 aromatic carbocycles. The second-order valence-corrected chi connectivity index (χ2v) is 5.94. The fourth-order valence-electron chi connectivity index (χ4n) is 2.84. The van der Waals surface area contributed by atoms with E-state index in [0.717, 1.165) is 19.0 Å². The van der Waals surface area contributed by atoms with Gasteiger partial charge in [0.2, 0.25) is 5.95 Å². The van der Waals surface area contributed by atoms with Crippen molar-refractivity contribution >= 4 is 5.95 Å². The highest BCUT2D eigenvalue weighted by Crippen LogP contribution is 2.11. The van der Waals surface area contributed by atoms with Gasteiger partial charge in [-0.25, -0.2) is 4.98 Å². The van der Waals surface area contributed by atoms with E-state index in [2.05, 4.69) is 26.8 Å². The Labute approximate surface area is 123 Å². The highest BCUT2D eigenvalue weighted by Gasteiger charge is 2.09. The second-order valence-electron chi connectivity index (χ2n) is 5.94. The average Bonchev–Trinajstić information content (AvgIpc) is 2.81. The number of aromatic nitrogens is 2. The van der Waals surface area contributed by atoms with E-state index in [1.54, 1.807) is 0 Å². The zero-order valence-electron chi connectivity index (χ0n) is 13.2. The van der Waals surface area contributed by atoms with Gasteiger partial charge in [-0.1, -0.05) is 6.42 Å². The van der Waals surface area contributed by atoms with Gasteiger partial charge >= 0.3 is 0 Å². The zero-order chi connectivity index (χ0) is 14.4. The van der Waals surface area contributed by atoms with Gasteiger partial charge in [-0.15, -0.1) is 0 Å². The third kappa shape index (κ3) is 4.21. The fourth-order valence-corrected chi connectivity index (χ4v) is 2.84. The van der Waals surface area contributed by atoms with E-state index in [9.17, 15) is 0 Å². The number of nitrogens with one attached hydrogen (secondary N) is 1. The summed E-state index contributed by atoms with van der Waals surface area (Å²) >= 11 is 0. The Morgan fingerprint density at radius 3 is 2.65 bits per heavy atom. The summed E-state index contributed by atoms with van der Waals surface area (Å²) in [6, 6.07) is 0. The third-order valence-electron chi connectivity index (χ3n) is 4.04. The van der Waals surface area contributed by atoms with E-state index in [0.29, 0.717) is 0 Å². The van der Waals surface area contributed by atoms with Gasteiger partial charge in [0.1, 0.15) is 0 Å². The zero-order valence-corrected chi connectivity index (χ0v) is 13.2. The van der Waals surface area contributed by atoms with Gasteiger partial charge in [-0.2, -0.15) is 0 Å². The molecular weight excluding hydrogens is 250 g/mol. The third-order valence-corrected chi connectivity index (χ3v) is 4.04. The van der Waals surface area contributed by atoms with Gasteiger partial charge in [0.25, 0.3) is 0 Å². The first-order valence-corrected chi connectivity index (χ1v) is 7.79. The van der Waals surface area contributed by atoms with Crippen molar-refractivity contribution in [2.45, 2.75) is 32.2 Å². The summed E-state index contributed by atoms with van der Waals surface area (Å²) in [4.78, 5) is 9.07. The summed E-state index contributed by atoms with van der Waals surface area (Å²) in [5.74, 6) is 1.01. The van der Waals surface area contributed by atoms with Crippen LogP contribution in [0.25, 0.3) is 0 Å². The Bertz CT molecular complexity index is 393. The van der Waals surface area contributed by atoms with Crippen molar-refractivity contribution in [2.75, 3.05) is 45.2 Å². The minimum Gasteiger partial charge on any atom is -0.348 e. The summed E-state index contributed by atoms with van der Waals surface area (Å²) in [5, 5.41) is 3.53. The van der Waals surface area contributed by atoms with Crippen molar-refractivity contribution in [1.29, 1.82) is 0 Å². The summed E-state index contributed by atoms with van der Waals surface area (Å²) in [6.45, 7) is 5.82. The molecule has 114 valence electrons. The number of anilines is 1. The van der Waals surface area contributed by atoms with Crippen LogP contribution in [-0.4, -0.2) is 54.7 Å². The molecule has 1 saturated heterocycles. The monoisotopic (exact) mass is 279 g/mol. The maximum Gasteiger partial charge on any atom is 0.204 e. The number of nitrogens with zero attached hydrogens (tertiary/aromatic N) is 4. The largest absolute Gasteiger partial charge is 0.348 e. The highest BCUT2D eigenvalue weighted by molar-refractivity contribution is 5.30. The number of imidazole rings is 1. The van der Waals surface area contributed by atoms with Crippen LogP contribution in [0.2, 0.25) is 0 Å². The first kappa shape index (κ1) is 15.3. The number of likely N-dealkylation sites (tertiary alicyclic amines) is 1. The molecule has 0 bridgehead atoms. The lowest BCUT2D eigenvalue weighted by atomic mass is 10.1. The number of piperidine rings is 1. The molecule has 5 nitrogen and oxygen atoms in total. The van der Waals surface area contributed by atoms with E-state index in [-0.39, 0.29) is 0 Å². The molecule has 0 aliphatic carbocycles. The molecule has 0 atom stereocenters. The molecule has 0 amide bonds. The molecule has 0 spiro atoms. The van der Waals surface area contributed by atoms with E-state index in [4.69, 9.17) is 0 Å². The fraction of sp³-hybridized carbons (Fsp3) is 0.800. The molecule has 2 heterocycles. The lowest BCUT2D eigenvalue weighted by molar-refractivity contribution is 0.225. The SMILES string of the molecule is CN(C)c1ncc(CNCCCN2CCCCC2)n1C. The molecular formula is C15H29N5. The lowest BCUT2D eigenvalue weighted by Crippen LogP contribution is -2.32. The van der Waals surface area contributed by atoms with Gasteiger partial charge in [0.05, 0.1) is 11.9 Å². The van der Waals surface area contributed by atoms with Crippen LogP contribution in [0.5, 0.6) is 0 Å². The molecule has 0 radical (unpaired) electrons. The first-order chi connectivity index (χ1) is 9.68. The Balaban J connectivity index is 1.63. The van der Waals surface area contributed by atoms with Crippen LogP contribution in [-0.2, 0) is 13.6 Å². The van der Waals surface area contributed by atoms with E-state index in [1.165, 1.54) is 51.0 Å². The molecule has 1 fully saturated rings. The molecule has 1 aromatic heterocycles. The second kappa shape index (κ2) is 7.64. The highest BCUT2D eigenvalue weighted by atomic mass is 15.3. The Morgan fingerprint density at radius 1 is 1.25 bits per heavy atom. The predicted octanol–water partition coefficient (Wildman–Crippen LogP) is 1.45. The topological polar surface area (TPSA) is 36.3 Å². The van der Waals surface area contributed by atoms with Gasteiger partial charge in [-0.3, -0.25) is 0 Å². The molecule has 1 N–H and O–H groups in total. The number of hydrogen-bond donors (Lipinski definition) is 1. The maximum atomic E-state index is 4.43. The summed E-state index contributed by atoms with van der Waals surface area (Å²) in [6.07, 6.45) is 7.39. The molecule has 0 saturated carbocycles. The molecule has 0 unspecified atom stereocenters. The molecule has 2 rings (SSSR count). The summed E-state index contributed by atoms with van der Waals surface area (Å²) in [7, 11) is 6.13. The first-order valence-electron chi connectivity index (χ1n) is 7.79.